The van der Waals surface area contributed by atoms with Crippen molar-refractivity contribution in [2.45, 2.75) is 26.4 Å². The highest BCUT2D eigenvalue weighted by atomic mass is 127. The first-order valence-electron chi connectivity index (χ1n) is 7.64. The Hall–Kier alpha value is -1.66. The van der Waals surface area contributed by atoms with Crippen molar-refractivity contribution in [3.05, 3.63) is 26.2 Å². The zero-order chi connectivity index (χ0) is 18.6. The number of benzene rings is 1. The smallest absolute Gasteiger partial charge is 0.294 e. The Labute approximate surface area is 165 Å². The predicted octanol–water partition coefficient (Wildman–Crippen LogP) is 4.15. The molecule has 1 aliphatic rings. The number of terminal acetylenes is 1. The zero-order valence-electron chi connectivity index (χ0n) is 14.2. The maximum Gasteiger partial charge on any atom is 0.294 e. The van der Waals surface area contributed by atoms with Crippen molar-refractivity contribution in [1.82, 2.24) is 4.90 Å². The van der Waals surface area contributed by atoms with Gasteiger partial charge in [-0.1, -0.05) is 12.8 Å². The molecule has 1 fully saturated rings. The molecule has 1 atom stereocenters. The lowest BCUT2D eigenvalue weighted by molar-refractivity contribution is -0.122. The van der Waals surface area contributed by atoms with Crippen molar-refractivity contribution < 1.29 is 19.1 Å². The molecule has 0 saturated carbocycles. The molecule has 0 bridgehead atoms. The van der Waals surface area contributed by atoms with E-state index in [-0.39, 0.29) is 23.8 Å². The van der Waals surface area contributed by atoms with Gasteiger partial charge in [0.2, 0.25) is 0 Å². The van der Waals surface area contributed by atoms with E-state index in [1.165, 1.54) is 0 Å². The number of halogens is 1. The standard InChI is InChI=1S/C18H18INO4S/c1-5-7-20-17(21)15(25-18(20)22)10-12-8-13(19)16(14(9-12)23-4)24-11(3)6-2/h1,8-11H,6-7H2,2-4H3/b15-10-/t11-/m1/s1. The lowest BCUT2D eigenvalue weighted by Crippen LogP contribution is -2.28. The van der Waals surface area contributed by atoms with Crippen LogP contribution in [0.2, 0.25) is 0 Å². The molecule has 5 nitrogen and oxygen atoms in total. The molecule has 1 saturated heterocycles. The molecule has 0 radical (unpaired) electrons. The molecular weight excluding hydrogens is 453 g/mol. The van der Waals surface area contributed by atoms with E-state index in [1.807, 2.05) is 19.9 Å². The van der Waals surface area contributed by atoms with E-state index >= 15 is 0 Å². The molecule has 1 heterocycles. The van der Waals surface area contributed by atoms with Crippen molar-refractivity contribution >= 4 is 51.6 Å². The summed E-state index contributed by atoms with van der Waals surface area (Å²) in [5.74, 6) is 3.21. The summed E-state index contributed by atoms with van der Waals surface area (Å²) < 4.78 is 12.2. The fourth-order valence-corrected chi connectivity index (χ4v) is 3.69. The normalized spacial score (nSPS) is 16.9. The van der Waals surface area contributed by atoms with Gasteiger partial charge in [0.15, 0.2) is 11.5 Å². The Morgan fingerprint density at radius 1 is 1.44 bits per heavy atom. The average Bonchev–Trinajstić information content (AvgIpc) is 2.84. The highest BCUT2D eigenvalue weighted by molar-refractivity contribution is 14.1. The number of rotatable bonds is 6. The van der Waals surface area contributed by atoms with Crippen LogP contribution in [0.5, 0.6) is 11.5 Å². The summed E-state index contributed by atoms with van der Waals surface area (Å²) in [4.78, 5) is 25.5. The molecule has 0 spiro atoms. The van der Waals surface area contributed by atoms with Crippen LogP contribution >= 0.6 is 34.4 Å². The van der Waals surface area contributed by atoms with Crippen molar-refractivity contribution in [3.8, 4) is 23.8 Å². The fourth-order valence-electron chi connectivity index (χ4n) is 2.10. The third-order valence-corrected chi connectivity index (χ3v) is 5.28. The molecule has 0 unspecified atom stereocenters. The second-order valence-corrected chi connectivity index (χ2v) is 7.50. The highest BCUT2D eigenvalue weighted by Crippen LogP contribution is 2.37. The van der Waals surface area contributed by atoms with Gasteiger partial charge in [0.1, 0.15) is 0 Å². The molecule has 2 rings (SSSR count). The van der Waals surface area contributed by atoms with E-state index in [0.29, 0.717) is 16.4 Å². The lowest BCUT2D eigenvalue weighted by atomic mass is 10.1. The van der Waals surface area contributed by atoms with Crippen LogP contribution in [-0.2, 0) is 4.79 Å². The number of hydrogen-bond donors (Lipinski definition) is 0. The van der Waals surface area contributed by atoms with E-state index in [4.69, 9.17) is 15.9 Å². The minimum atomic E-state index is -0.373. The number of nitrogens with zero attached hydrogens (tertiary/aromatic N) is 1. The number of hydrogen-bond acceptors (Lipinski definition) is 5. The third-order valence-electron chi connectivity index (χ3n) is 3.57. The quantitative estimate of drug-likeness (QED) is 0.355. The predicted molar refractivity (Wildman–Crippen MR) is 108 cm³/mol. The Kier molecular flexibility index (Phi) is 6.79. The number of carbonyl (C=O) groups is 2. The molecule has 0 aromatic heterocycles. The number of thioether (sulfide) groups is 1. The molecule has 1 aliphatic heterocycles. The minimum Gasteiger partial charge on any atom is -0.493 e. The Morgan fingerprint density at radius 2 is 2.16 bits per heavy atom. The zero-order valence-corrected chi connectivity index (χ0v) is 17.1. The third kappa shape index (κ3) is 4.50. The molecular formula is C18H18INO4S. The SMILES string of the molecule is C#CCN1C(=O)S/C(=C\c2cc(I)c(O[C@H](C)CC)c(OC)c2)C1=O. The summed E-state index contributed by atoms with van der Waals surface area (Å²) in [5.41, 5.74) is 0.754. The molecule has 1 aromatic rings. The number of imide groups is 1. The van der Waals surface area contributed by atoms with Gasteiger partial charge >= 0.3 is 0 Å². The summed E-state index contributed by atoms with van der Waals surface area (Å²) in [6.45, 7) is 4.01. The van der Waals surface area contributed by atoms with Gasteiger partial charge in [0, 0.05) is 0 Å². The Morgan fingerprint density at radius 3 is 2.76 bits per heavy atom. The monoisotopic (exact) mass is 471 g/mol. The lowest BCUT2D eigenvalue weighted by Gasteiger charge is -2.17. The van der Waals surface area contributed by atoms with Gasteiger partial charge in [0.25, 0.3) is 11.1 Å². The van der Waals surface area contributed by atoms with Crippen LogP contribution in [0.25, 0.3) is 6.08 Å². The van der Waals surface area contributed by atoms with Crippen LogP contribution in [0, 0.1) is 15.9 Å². The Balaban J connectivity index is 2.35. The molecule has 25 heavy (non-hydrogen) atoms. The summed E-state index contributed by atoms with van der Waals surface area (Å²) in [5, 5.41) is -0.354. The molecule has 0 N–H and O–H groups in total. The molecule has 1 aromatic carbocycles. The summed E-state index contributed by atoms with van der Waals surface area (Å²) in [6.07, 6.45) is 7.81. The molecule has 7 heteroatoms. The van der Waals surface area contributed by atoms with Crippen LogP contribution in [-0.4, -0.2) is 35.8 Å². The van der Waals surface area contributed by atoms with Gasteiger partial charge in [-0.25, -0.2) is 0 Å². The van der Waals surface area contributed by atoms with Gasteiger partial charge in [0.05, 0.1) is 28.2 Å². The summed E-state index contributed by atoms with van der Waals surface area (Å²) in [6, 6.07) is 3.67. The van der Waals surface area contributed by atoms with Gasteiger partial charge in [-0.3, -0.25) is 14.5 Å². The van der Waals surface area contributed by atoms with Crippen molar-refractivity contribution in [1.29, 1.82) is 0 Å². The van der Waals surface area contributed by atoms with Gasteiger partial charge in [-0.05, 0) is 71.5 Å². The first-order valence-corrected chi connectivity index (χ1v) is 9.53. The van der Waals surface area contributed by atoms with Gasteiger partial charge in [-0.15, -0.1) is 6.42 Å². The van der Waals surface area contributed by atoms with Gasteiger partial charge < -0.3 is 9.47 Å². The van der Waals surface area contributed by atoms with Crippen LogP contribution in [0.15, 0.2) is 17.0 Å². The molecule has 0 aliphatic carbocycles. The average molecular weight is 471 g/mol. The number of amides is 2. The Bertz CT molecular complexity index is 769. The van der Waals surface area contributed by atoms with Crippen molar-refractivity contribution in [2.75, 3.05) is 13.7 Å². The largest absolute Gasteiger partial charge is 0.493 e. The van der Waals surface area contributed by atoms with Crippen molar-refractivity contribution in [2.24, 2.45) is 0 Å². The minimum absolute atomic E-state index is 0.0233. The number of ether oxygens (including phenoxy) is 2. The van der Waals surface area contributed by atoms with E-state index < -0.39 is 0 Å². The topological polar surface area (TPSA) is 55.8 Å². The molecule has 132 valence electrons. The second-order valence-electron chi connectivity index (χ2n) is 5.34. The van der Waals surface area contributed by atoms with Crippen LogP contribution in [0.4, 0.5) is 4.79 Å². The first kappa shape index (κ1) is 19.7. The van der Waals surface area contributed by atoms with E-state index in [0.717, 1.165) is 32.2 Å². The van der Waals surface area contributed by atoms with Crippen molar-refractivity contribution in [3.63, 3.8) is 0 Å². The molecule has 2 amide bonds. The van der Waals surface area contributed by atoms with Crippen LogP contribution in [0.1, 0.15) is 25.8 Å². The maximum absolute atomic E-state index is 12.3. The van der Waals surface area contributed by atoms with Crippen LogP contribution < -0.4 is 9.47 Å². The maximum atomic E-state index is 12.3. The van der Waals surface area contributed by atoms with E-state index in [1.54, 1.807) is 19.3 Å². The fraction of sp³-hybridized carbons (Fsp3) is 0.333. The summed E-state index contributed by atoms with van der Waals surface area (Å²) in [7, 11) is 1.57. The second kappa shape index (κ2) is 8.63. The van der Waals surface area contributed by atoms with Gasteiger partial charge in [-0.2, -0.15) is 0 Å². The number of methoxy groups -OCH3 is 1. The van der Waals surface area contributed by atoms with Crippen LogP contribution in [0.3, 0.4) is 0 Å². The van der Waals surface area contributed by atoms with E-state index in [2.05, 4.69) is 28.5 Å². The summed E-state index contributed by atoms with van der Waals surface area (Å²) >= 11 is 3.05. The number of carbonyl (C=O) groups excluding carboxylic acids is 2. The first-order chi connectivity index (χ1) is 11.9. The highest BCUT2D eigenvalue weighted by Gasteiger charge is 2.34. The van der Waals surface area contributed by atoms with E-state index in [9.17, 15) is 9.59 Å².